The Kier molecular flexibility index (Phi) is 4.69. The van der Waals surface area contributed by atoms with Crippen LogP contribution >= 0.6 is 11.6 Å². The topological polar surface area (TPSA) is 59.4 Å². The number of likely N-dealkylation sites (tertiary alicyclic amines) is 1. The molecule has 2 aliphatic heterocycles. The summed E-state index contributed by atoms with van der Waals surface area (Å²) in [5.74, 6) is -0.468. The maximum absolute atomic E-state index is 14.2. The molecule has 122 valence electrons. The van der Waals surface area contributed by atoms with E-state index in [1.165, 1.54) is 12.1 Å². The smallest absolute Gasteiger partial charge is 0.317 e. The van der Waals surface area contributed by atoms with Crippen LogP contribution < -0.4 is 5.32 Å². The molecule has 5 nitrogen and oxygen atoms in total. The second-order valence-corrected chi connectivity index (χ2v) is 6.29. The first-order valence-electron chi connectivity index (χ1n) is 7.74. The zero-order chi connectivity index (χ0) is 16.4. The maximum Gasteiger partial charge on any atom is 0.317 e. The Labute approximate surface area is 139 Å². The van der Waals surface area contributed by atoms with E-state index in [4.69, 9.17) is 11.6 Å². The minimum absolute atomic E-state index is 0.0487. The normalized spacial score (nSPS) is 23.4. The summed E-state index contributed by atoms with van der Waals surface area (Å²) in [7, 11) is 0. The molecule has 0 spiro atoms. The third-order valence-corrected chi connectivity index (χ3v) is 4.85. The molecule has 1 N–H and O–H groups in total. The van der Waals surface area contributed by atoms with E-state index in [1.54, 1.807) is 6.07 Å². The molecule has 0 bridgehead atoms. The Morgan fingerprint density at radius 2 is 2.26 bits per heavy atom. The van der Waals surface area contributed by atoms with E-state index in [9.17, 15) is 14.4 Å². The van der Waals surface area contributed by atoms with Crippen molar-refractivity contribution in [2.45, 2.75) is 24.9 Å². The maximum atomic E-state index is 14.2. The van der Waals surface area contributed by atoms with Crippen molar-refractivity contribution in [3.8, 4) is 6.07 Å². The van der Waals surface area contributed by atoms with Crippen LogP contribution in [0.2, 0.25) is 5.02 Å². The van der Waals surface area contributed by atoms with E-state index in [1.807, 2.05) is 9.80 Å². The Morgan fingerprint density at radius 3 is 2.91 bits per heavy atom. The van der Waals surface area contributed by atoms with Crippen LogP contribution in [0.3, 0.4) is 0 Å². The quantitative estimate of drug-likeness (QED) is 0.922. The summed E-state index contributed by atoms with van der Waals surface area (Å²) in [5, 5.41) is 12.6. The molecule has 3 rings (SSSR count). The lowest BCUT2D eigenvalue weighted by Gasteiger charge is -2.39. The van der Waals surface area contributed by atoms with Gasteiger partial charge in [-0.3, -0.25) is 4.90 Å². The van der Waals surface area contributed by atoms with E-state index in [0.29, 0.717) is 26.2 Å². The SMILES string of the molecule is N#C[C@@H](c1c(F)cccc1Cl)N1CCC[C@H](N2CCNC2=O)C1. The molecule has 2 atom stereocenters. The van der Waals surface area contributed by atoms with Crippen molar-refractivity contribution in [3.05, 3.63) is 34.6 Å². The molecule has 0 saturated carbocycles. The van der Waals surface area contributed by atoms with Gasteiger partial charge in [-0.05, 0) is 31.5 Å². The van der Waals surface area contributed by atoms with Gasteiger partial charge >= 0.3 is 6.03 Å². The number of benzene rings is 1. The molecule has 2 saturated heterocycles. The third kappa shape index (κ3) is 3.12. The molecule has 1 aromatic carbocycles. The van der Waals surface area contributed by atoms with Crippen LogP contribution in [0.4, 0.5) is 9.18 Å². The first-order chi connectivity index (χ1) is 11.1. The highest BCUT2D eigenvalue weighted by molar-refractivity contribution is 6.31. The Balaban J connectivity index is 1.82. The zero-order valence-electron chi connectivity index (χ0n) is 12.6. The highest BCUT2D eigenvalue weighted by atomic mass is 35.5. The number of rotatable bonds is 3. The summed E-state index contributed by atoms with van der Waals surface area (Å²) in [6.45, 7) is 2.57. The van der Waals surface area contributed by atoms with Crippen molar-refractivity contribution in [1.82, 2.24) is 15.1 Å². The van der Waals surface area contributed by atoms with Crippen molar-refractivity contribution >= 4 is 17.6 Å². The number of carbonyl (C=O) groups excluding carboxylic acids is 1. The van der Waals surface area contributed by atoms with Crippen molar-refractivity contribution in [1.29, 1.82) is 5.26 Å². The molecular weight excluding hydrogens is 319 g/mol. The number of nitrogens with one attached hydrogen (secondary N) is 1. The lowest BCUT2D eigenvalue weighted by Crippen LogP contribution is -2.49. The lowest BCUT2D eigenvalue weighted by molar-refractivity contribution is 0.110. The number of piperidine rings is 1. The van der Waals surface area contributed by atoms with Gasteiger partial charge in [-0.25, -0.2) is 9.18 Å². The molecule has 2 heterocycles. The second kappa shape index (κ2) is 6.73. The fraction of sp³-hybridized carbons (Fsp3) is 0.500. The second-order valence-electron chi connectivity index (χ2n) is 5.88. The average molecular weight is 337 g/mol. The number of amides is 2. The predicted molar refractivity (Wildman–Crippen MR) is 84.5 cm³/mol. The highest BCUT2D eigenvalue weighted by Gasteiger charge is 2.35. The number of urea groups is 1. The minimum atomic E-state index is -0.739. The van der Waals surface area contributed by atoms with E-state index in [0.717, 1.165) is 12.8 Å². The summed E-state index contributed by atoms with van der Waals surface area (Å²) >= 11 is 6.12. The fourth-order valence-corrected chi connectivity index (χ4v) is 3.67. The van der Waals surface area contributed by atoms with Gasteiger partial charge in [-0.1, -0.05) is 17.7 Å². The molecule has 0 aromatic heterocycles. The summed E-state index contributed by atoms with van der Waals surface area (Å²) in [6.07, 6.45) is 1.76. The number of carbonyl (C=O) groups is 1. The van der Waals surface area contributed by atoms with E-state index in [2.05, 4.69) is 11.4 Å². The van der Waals surface area contributed by atoms with Gasteiger partial charge in [0.25, 0.3) is 0 Å². The molecule has 2 fully saturated rings. The van der Waals surface area contributed by atoms with Crippen molar-refractivity contribution in [2.75, 3.05) is 26.2 Å². The van der Waals surface area contributed by atoms with Gasteiger partial charge < -0.3 is 10.2 Å². The van der Waals surface area contributed by atoms with Crippen LogP contribution in [0, 0.1) is 17.1 Å². The van der Waals surface area contributed by atoms with Crippen LogP contribution in [0.5, 0.6) is 0 Å². The molecule has 1 aromatic rings. The van der Waals surface area contributed by atoms with Crippen molar-refractivity contribution < 1.29 is 9.18 Å². The number of hydrogen-bond acceptors (Lipinski definition) is 3. The standard InChI is InChI=1S/C16H18ClFN4O/c17-12-4-1-5-13(18)15(12)14(9-19)21-7-2-3-11(10-21)22-8-6-20-16(22)23/h1,4-5,11,14H,2-3,6-8,10H2,(H,20,23)/t11-,14-/m0/s1. The predicted octanol–water partition coefficient (Wildman–Crippen LogP) is 2.53. The van der Waals surface area contributed by atoms with Crippen molar-refractivity contribution in [3.63, 3.8) is 0 Å². The fourth-order valence-electron chi connectivity index (χ4n) is 3.41. The summed E-state index contributed by atoms with van der Waals surface area (Å²) < 4.78 is 14.2. The number of nitrogens with zero attached hydrogens (tertiary/aromatic N) is 3. The minimum Gasteiger partial charge on any atom is -0.336 e. The van der Waals surface area contributed by atoms with Gasteiger partial charge in [0.2, 0.25) is 0 Å². The molecule has 23 heavy (non-hydrogen) atoms. The zero-order valence-corrected chi connectivity index (χ0v) is 13.4. The number of halogens is 2. The van der Waals surface area contributed by atoms with Crippen LogP contribution in [0.25, 0.3) is 0 Å². The molecule has 7 heteroatoms. The monoisotopic (exact) mass is 336 g/mol. The molecule has 0 aliphatic carbocycles. The highest BCUT2D eigenvalue weighted by Crippen LogP contribution is 2.32. The first-order valence-corrected chi connectivity index (χ1v) is 8.11. The van der Waals surface area contributed by atoms with E-state index < -0.39 is 11.9 Å². The molecule has 0 radical (unpaired) electrons. The number of nitriles is 1. The van der Waals surface area contributed by atoms with Gasteiger partial charge in [-0.2, -0.15) is 5.26 Å². The van der Waals surface area contributed by atoms with Gasteiger partial charge in [0.05, 0.1) is 6.07 Å². The Hall–Kier alpha value is -1.84. The van der Waals surface area contributed by atoms with Crippen LogP contribution in [0.15, 0.2) is 18.2 Å². The molecule has 0 unspecified atom stereocenters. The Bertz CT molecular complexity index is 627. The number of hydrogen-bond donors (Lipinski definition) is 1. The molecule has 2 aliphatic rings. The van der Waals surface area contributed by atoms with Crippen LogP contribution in [-0.2, 0) is 0 Å². The first kappa shape index (κ1) is 16.0. The van der Waals surface area contributed by atoms with Gasteiger partial charge in [0.1, 0.15) is 11.9 Å². The van der Waals surface area contributed by atoms with Crippen LogP contribution in [0.1, 0.15) is 24.4 Å². The van der Waals surface area contributed by atoms with Gasteiger partial charge in [0, 0.05) is 36.3 Å². The molecular formula is C16H18ClFN4O. The largest absolute Gasteiger partial charge is 0.336 e. The van der Waals surface area contributed by atoms with Gasteiger partial charge in [0.15, 0.2) is 0 Å². The van der Waals surface area contributed by atoms with E-state index in [-0.39, 0.29) is 22.7 Å². The summed E-state index contributed by atoms with van der Waals surface area (Å²) in [6, 6.07) is 5.87. The van der Waals surface area contributed by atoms with Gasteiger partial charge in [-0.15, -0.1) is 0 Å². The Morgan fingerprint density at radius 1 is 1.43 bits per heavy atom. The third-order valence-electron chi connectivity index (χ3n) is 4.52. The van der Waals surface area contributed by atoms with E-state index >= 15 is 0 Å². The summed E-state index contributed by atoms with van der Waals surface area (Å²) in [4.78, 5) is 15.6. The lowest BCUT2D eigenvalue weighted by atomic mass is 9.99. The van der Waals surface area contributed by atoms with Crippen molar-refractivity contribution in [2.24, 2.45) is 0 Å². The van der Waals surface area contributed by atoms with Crippen LogP contribution in [-0.4, -0.2) is 48.1 Å². The molecule has 2 amide bonds. The summed E-state index contributed by atoms with van der Waals surface area (Å²) in [5.41, 5.74) is 0.225. The average Bonchev–Trinajstić information content (AvgIpc) is 2.97.